The van der Waals surface area contributed by atoms with Crippen LogP contribution in [0.5, 0.6) is 0 Å². The summed E-state index contributed by atoms with van der Waals surface area (Å²) in [6, 6.07) is 5.58. The minimum absolute atomic E-state index is 0.602. The molecule has 3 rings (SSSR count). The maximum absolute atomic E-state index is 5.96. The summed E-state index contributed by atoms with van der Waals surface area (Å²) in [5, 5.41) is 1.72. The Kier molecular flexibility index (Phi) is 2.14. The minimum Gasteiger partial charge on any atom is -0.473 e. The molecule has 1 aliphatic rings. The molecule has 0 saturated heterocycles. The van der Waals surface area contributed by atoms with E-state index >= 15 is 0 Å². The van der Waals surface area contributed by atoms with Gasteiger partial charge in [-0.25, -0.2) is 4.99 Å². The predicted molar refractivity (Wildman–Crippen MR) is 63.3 cm³/mol. The lowest BCUT2D eigenvalue weighted by atomic mass is 10.1. The Bertz CT molecular complexity index is 586. The summed E-state index contributed by atoms with van der Waals surface area (Å²) in [7, 11) is 0. The van der Waals surface area contributed by atoms with E-state index in [0.29, 0.717) is 24.1 Å². The lowest BCUT2D eigenvalue weighted by molar-refractivity contribution is 0.340. The van der Waals surface area contributed by atoms with Crippen LogP contribution < -0.4 is 0 Å². The van der Waals surface area contributed by atoms with E-state index < -0.39 is 0 Å². The quantitative estimate of drug-likeness (QED) is 0.761. The fourth-order valence-electron chi connectivity index (χ4n) is 1.87. The second kappa shape index (κ2) is 3.52. The van der Waals surface area contributed by atoms with E-state index in [1.807, 2.05) is 25.1 Å². The van der Waals surface area contributed by atoms with Crippen LogP contribution >= 0.6 is 11.6 Å². The monoisotopic (exact) mass is 235 g/mol. The van der Waals surface area contributed by atoms with Gasteiger partial charge in [0.1, 0.15) is 12.2 Å². The molecule has 0 aliphatic carbocycles. The van der Waals surface area contributed by atoms with Crippen LogP contribution in [-0.2, 0) is 4.74 Å². The van der Waals surface area contributed by atoms with Crippen LogP contribution in [-0.4, -0.2) is 19.0 Å². The molecule has 2 heterocycles. The van der Waals surface area contributed by atoms with Gasteiger partial charge in [-0.2, -0.15) is 0 Å². The molecule has 1 aromatic heterocycles. The van der Waals surface area contributed by atoms with E-state index in [-0.39, 0.29) is 0 Å². The van der Waals surface area contributed by atoms with Gasteiger partial charge in [0.15, 0.2) is 5.76 Å². The number of rotatable bonds is 1. The van der Waals surface area contributed by atoms with Crippen LogP contribution in [0, 0.1) is 6.92 Å². The molecule has 0 radical (unpaired) electrons. The van der Waals surface area contributed by atoms with Gasteiger partial charge in [0.05, 0.1) is 6.54 Å². The zero-order valence-corrected chi connectivity index (χ0v) is 9.54. The number of benzene rings is 1. The van der Waals surface area contributed by atoms with E-state index in [2.05, 4.69) is 4.99 Å². The van der Waals surface area contributed by atoms with E-state index in [1.54, 1.807) is 0 Å². The molecule has 4 heteroatoms. The third-order valence-electron chi connectivity index (χ3n) is 2.68. The highest BCUT2D eigenvalue weighted by Gasteiger charge is 2.19. The standard InChI is InChI=1S/C12H10ClNO2/c1-7-9-6-8(13)2-3-10(9)16-11(7)12-14-4-5-15-12/h2-3,6H,4-5H2,1H3. The maximum Gasteiger partial charge on any atom is 0.253 e. The molecule has 0 unspecified atom stereocenters. The smallest absolute Gasteiger partial charge is 0.253 e. The van der Waals surface area contributed by atoms with E-state index in [1.165, 1.54) is 0 Å². The largest absolute Gasteiger partial charge is 0.473 e. The van der Waals surface area contributed by atoms with Crippen LogP contribution in [0.15, 0.2) is 27.6 Å². The van der Waals surface area contributed by atoms with Gasteiger partial charge in [0, 0.05) is 16.0 Å². The molecular weight excluding hydrogens is 226 g/mol. The maximum atomic E-state index is 5.96. The minimum atomic E-state index is 0.602. The highest BCUT2D eigenvalue weighted by atomic mass is 35.5. The molecule has 0 bridgehead atoms. The van der Waals surface area contributed by atoms with Gasteiger partial charge in [-0.1, -0.05) is 11.6 Å². The molecule has 2 aromatic rings. The van der Waals surface area contributed by atoms with Crippen molar-refractivity contribution in [2.75, 3.05) is 13.2 Å². The van der Waals surface area contributed by atoms with Crippen LogP contribution in [0.2, 0.25) is 5.02 Å². The van der Waals surface area contributed by atoms with E-state index in [0.717, 1.165) is 22.3 Å². The normalized spacial score (nSPS) is 15.2. The molecule has 0 spiro atoms. The molecule has 1 aliphatic heterocycles. The third-order valence-corrected chi connectivity index (χ3v) is 2.91. The topological polar surface area (TPSA) is 34.7 Å². The van der Waals surface area contributed by atoms with Crippen molar-refractivity contribution in [2.24, 2.45) is 4.99 Å². The lowest BCUT2D eigenvalue weighted by Gasteiger charge is -1.97. The predicted octanol–water partition coefficient (Wildman–Crippen LogP) is 3.17. The van der Waals surface area contributed by atoms with Crippen molar-refractivity contribution in [2.45, 2.75) is 6.92 Å². The molecule has 0 atom stereocenters. The lowest BCUT2D eigenvalue weighted by Crippen LogP contribution is -2.00. The summed E-state index contributed by atoms with van der Waals surface area (Å²) >= 11 is 5.96. The summed E-state index contributed by atoms with van der Waals surface area (Å²) in [5.74, 6) is 1.32. The van der Waals surface area contributed by atoms with Gasteiger partial charge in [-0.3, -0.25) is 0 Å². The van der Waals surface area contributed by atoms with Crippen molar-refractivity contribution in [1.29, 1.82) is 0 Å². The van der Waals surface area contributed by atoms with Gasteiger partial charge in [-0.15, -0.1) is 0 Å². The Morgan fingerprint density at radius 3 is 3.00 bits per heavy atom. The van der Waals surface area contributed by atoms with Gasteiger partial charge in [0.2, 0.25) is 0 Å². The highest BCUT2D eigenvalue weighted by molar-refractivity contribution is 6.31. The van der Waals surface area contributed by atoms with Crippen LogP contribution in [0.25, 0.3) is 11.0 Å². The van der Waals surface area contributed by atoms with Crippen molar-refractivity contribution >= 4 is 28.5 Å². The van der Waals surface area contributed by atoms with Gasteiger partial charge in [-0.05, 0) is 25.1 Å². The summed E-state index contributed by atoms with van der Waals surface area (Å²) in [4.78, 5) is 4.25. The molecule has 82 valence electrons. The second-order valence-electron chi connectivity index (χ2n) is 3.73. The SMILES string of the molecule is Cc1c(C2=NCCO2)oc2ccc(Cl)cc12. The van der Waals surface area contributed by atoms with Crippen LogP contribution in [0.3, 0.4) is 0 Å². The summed E-state index contributed by atoms with van der Waals surface area (Å²) < 4.78 is 11.1. The van der Waals surface area contributed by atoms with Crippen molar-refractivity contribution in [3.63, 3.8) is 0 Å². The Hall–Kier alpha value is -1.48. The number of aryl methyl sites for hydroxylation is 1. The van der Waals surface area contributed by atoms with Crippen molar-refractivity contribution in [3.8, 4) is 0 Å². The Balaban J connectivity index is 2.23. The number of nitrogens with zero attached hydrogens (tertiary/aromatic N) is 1. The first-order chi connectivity index (χ1) is 7.75. The number of furan rings is 1. The molecule has 0 amide bonds. The molecule has 1 aromatic carbocycles. The highest BCUT2D eigenvalue weighted by Crippen LogP contribution is 2.29. The van der Waals surface area contributed by atoms with Crippen LogP contribution in [0.1, 0.15) is 11.3 Å². The van der Waals surface area contributed by atoms with Crippen molar-refractivity contribution in [1.82, 2.24) is 0 Å². The second-order valence-corrected chi connectivity index (χ2v) is 4.17. The first kappa shape index (κ1) is 9.73. The van der Waals surface area contributed by atoms with Crippen molar-refractivity contribution in [3.05, 3.63) is 34.5 Å². The Morgan fingerprint density at radius 1 is 1.38 bits per heavy atom. The molecule has 16 heavy (non-hydrogen) atoms. The average Bonchev–Trinajstić information content (AvgIpc) is 2.87. The molecule has 0 fully saturated rings. The number of ether oxygens (including phenoxy) is 1. The number of hydrogen-bond donors (Lipinski definition) is 0. The Morgan fingerprint density at radius 2 is 2.25 bits per heavy atom. The summed E-state index contributed by atoms with van der Waals surface area (Å²) in [5.41, 5.74) is 1.84. The molecular formula is C12H10ClNO2. The molecule has 0 N–H and O–H groups in total. The fraction of sp³-hybridized carbons (Fsp3) is 0.250. The van der Waals surface area contributed by atoms with Gasteiger partial charge < -0.3 is 9.15 Å². The van der Waals surface area contributed by atoms with Crippen LogP contribution in [0.4, 0.5) is 0 Å². The number of hydrogen-bond acceptors (Lipinski definition) is 3. The Labute approximate surface area is 97.7 Å². The fourth-order valence-corrected chi connectivity index (χ4v) is 2.04. The third kappa shape index (κ3) is 1.39. The van der Waals surface area contributed by atoms with Crippen molar-refractivity contribution < 1.29 is 9.15 Å². The number of halogens is 1. The van der Waals surface area contributed by atoms with Gasteiger partial charge >= 0.3 is 0 Å². The zero-order chi connectivity index (χ0) is 11.1. The number of aliphatic imine (C=N–C) groups is 1. The first-order valence-electron chi connectivity index (χ1n) is 5.12. The number of fused-ring (bicyclic) bond motifs is 1. The van der Waals surface area contributed by atoms with E-state index in [9.17, 15) is 0 Å². The zero-order valence-electron chi connectivity index (χ0n) is 8.79. The summed E-state index contributed by atoms with van der Waals surface area (Å²) in [6.45, 7) is 3.32. The van der Waals surface area contributed by atoms with Gasteiger partial charge in [0.25, 0.3) is 5.90 Å². The molecule has 0 saturated carbocycles. The van der Waals surface area contributed by atoms with E-state index in [4.69, 9.17) is 20.8 Å². The molecule has 3 nitrogen and oxygen atoms in total. The average molecular weight is 236 g/mol. The first-order valence-corrected chi connectivity index (χ1v) is 5.50. The summed E-state index contributed by atoms with van der Waals surface area (Å²) in [6.07, 6.45) is 0.